The van der Waals surface area contributed by atoms with Crippen molar-refractivity contribution in [2.24, 2.45) is 0 Å². The Kier molecular flexibility index (Phi) is 4.87. The van der Waals surface area contributed by atoms with Crippen molar-refractivity contribution in [1.29, 1.82) is 0 Å². The van der Waals surface area contributed by atoms with E-state index < -0.39 is 0 Å². The molecule has 2 N–H and O–H groups in total. The molecule has 1 aromatic carbocycles. The first kappa shape index (κ1) is 15.0. The normalized spacial score (nSPS) is 10.4. The molecule has 21 heavy (non-hydrogen) atoms. The van der Waals surface area contributed by atoms with Crippen molar-refractivity contribution in [3.63, 3.8) is 0 Å². The number of hydrogen-bond acceptors (Lipinski definition) is 3. The highest BCUT2D eigenvalue weighted by Gasteiger charge is 2.06. The number of H-pyrrole nitrogens is 1. The maximum atomic E-state index is 11.7. The molecular weight excluding hydrogens is 266 g/mol. The lowest BCUT2D eigenvalue weighted by molar-refractivity contribution is -0.116. The van der Waals surface area contributed by atoms with E-state index >= 15 is 0 Å². The molecule has 0 aliphatic rings. The third-order valence-electron chi connectivity index (χ3n) is 3.20. The van der Waals surface area contributed by atoms with Crippen molar-refractivity contribution in [3.8, 4) is 11.3 Å². The van der Waals surface area contributed by atoms with Gasteiger partial charge in [0.1, 0.15) is 0 Å². The van der Waals surface area contributed by atoms with Crippen LogP contribution >= 0.6 is 0 Å². The Morgan fingerprint density at radius 2 is 2.00 bits per heavy atom. The molecule has 5 nitrogen and oxygen atoms in total. The van der Waals surface area contributed by atoms with E-state index in [9.17, 15) is 9.59 Å². The number of carbonyl (C=O) groups excluding carboxylic acids is 1. The first-order valence-electron chi connectivity index (χ1n) is 7.06. The molecule has 2 rings (SSSR count). The molecule has 0 spiro atoms. The maximum absolute atomic E-state index is 11.7. The minimum Gasteiger partial charge on any atom is -0.326 e. The predicted octanol–water partition coefficient (Wildman–Crippen LogP) is 2.87. The number of aromatic nitrogens is 2. The van der Waals surface area contributed by atoms with Gasteiger partial charge in [0.25, 0.3) is 5.56 Å². The minimum atomic E-state index is -0.212. The van der Waals surface area contributed by atoms with E-state index in [1.54, 1.807) is 0 Å². The van der Waals surface area contributed by atoms with E-state index in [0.717, 1.165) is 35.3 Å². The van der Waals surface area contributed by atoms with E-state index in [1.165, 1.54) is 6.07 Å². The van der Waals surface area contributed by atoms with Crippen LogP contribution < -0.4 is 10.9 Å². The maximum Gasteiger partial charge on any atom is 0.264 e. The number of hydrogen-bond donors (Lipinski definition) is 2. The molecule has 110 valence electrons. The largest absolute Gasteiger partial charge is 0.326 e. The molecule has 0 bridgehead atoms. The zero-order chi connectivity index (χ0) is 15.2. The average molecular weight is 285 g/mol. The van der Waals surface area contributed by atoms with Crippen LogP contribution in [-0.2, 0) is 4.79 Å². The Balaban J connectivity index is 2.11. The Labute approximate surface area is 123 Å². The summed E-state index contributed by atoms with van der Waals surface area (Å²) in [6.45, 7) is 3.90. The first-order valence-corrected chi connectivity index (χ1v) is 7.06. The van der Waals surface area contributed by atoms with E-state index in [-0.39, 0.29) is 11.5 Å². The summed E-state index contributed by atoms with van der Waals surface area (Å²) in [6, 6.07) is 8.95. The third kappa shape index (κ3) is 4.02. The SMILES string of the molecule is CCCCC(=O)Nc1ccc(-c2n[nH]c(=O)cc2C)cc1. The van der Waals surface area contributed by atoms with E-state index in [1.807, 2.05) is 31.2 Å². The topological polar surface area (TPSA) is 74.8 Å². The van der Waals surface area contributed by atoms with Crippen molar-refractivity contribution in [1.82, 2.24) is 10.2 Å². The summed E-state index contributed by atoms with van der Waals surface area (Å²) in [5.74, 6) is 0.0305. The van der Waals surface area contributed by atoms with E-state index in [4.69, 9.17) is 0 Å². The summed E-state index contributed by atoms with van der Waals surface area (Å²) in [5.41, 5.74) is 3.00. The number of benzene rings is 1. The van der Waals surface area contributed by atoms with Crippen LogP contribution in [0.25, 0.3) is 11.3 Å². The molecular formula is C16H19N3O2. The van der Waals surface area contributed by atoms with Gasteiger partial charge in [0.2, 0.25) is 5.91 Å². The van der Waals surface area contributed by atoms with Gasteiger partial charge in [0.15, 0.2) is 0 Å². The number of aryl methyl sites for hydroxylation is 1. The lowest BCUT2D eigenvalue weighted by atomic mass is 10.1. The summed E-state index contributed by atoms with van der Waals surface area (Å²) in [7, 11) is 0. The molecule has 0 saturated heterocycles. The molecule has 5 heteroatoms. The summed E-state index contributed by atoms with van der Waals surface area (Å²) in [5, 5.41) is 9.35. The Morgan fingerprint density at radius 1 is 1.29 bits per heavy atom. The quantitative estimate of drug-likeness (QED) is 0.887. The molecule has 0 aliphatic heterocycles. The van der Waals surface area contributed by atoms with Crippen LogP contribution in [0.3, 0.4) is 0 Å². The van der Waals surface area contributed by atoms with Gasteiger partial charge in [-0.3, -0.25) is 9.59 Å². The lowest BCUT2D eigenvalue weighted by Gasteiger charge is -2.07. The predicted molar refractivity (Wildman–Crippen MR) is 83.2 cm³/mol. The highest BCUT2D eigenvalue weighted by atomic mass is 16.1. The van der Waals surface area contributed by atoms with Crippen molar-refractivity contribution < 1.29 is 4.79 Å². The number of nitrogens with one attached hydrogen (secondary N) is 2. The lowest BCUT2D eigenvalue weighted by Crippen LogP contribution is -2.11. The Hall–Kier alpha value is -2.43. The van der Waals surface area contributed by atoms with E-state index in [0.29, 0.717) is 6.42 Å². The van der Waals surface area contributed by atoms with Gasteiger partial charge in [0, 0.05) is 23.7 Å². The van der Waals surface area contributed by atoms with Gasteiger partial charge < -0.3 is 5.32 Å². The first-order chi connectivity index (χ1) is 10.1. The number of amides is 1. The van der Waals surface area contributed by atoms with Crippen LogP contribution in [0.2, 0.25) is 0 Å². The smallest absolute Gasteiger partial charge is 0.264 e. The fourth-order valence-electron chi connectivity index (χ4n) is 2.06. The number of anilines is 1. The number of rotatable bonds is 5. The van der Waals surface area contributed by atoms with Gasteiger partial charge in [-0.1, -0.05) is 25.5 Å². The molecule has 0 aliphatic carbocycles. The molecule has 0 saturated carbocycles. The van der Waals surface area contributed by atoms with Crippen LogP contribution in [0.4, 0.5) is 5.69 Å². The molecule has 0 unspecified atom stereocenters. The van der Waals surface area contributed by atoms with Crippen LogP contribution in [-0.4, -0.2) is 16.1 Å². The molecule has 0 atom stereocenters. The fraction of sp³-hybridized carbons (Fsp3) is 0.312. The van der Waals surface area contributed by atoms with Gasteiger partial charge in [-0.25, -0.2) is 5.10 Å². The Morgan fingerprint density at radius 3 is 2.62 bits per heavy atom. The number of unbranched alkanes of at least 4 members (excludes halogenated alkanes) is 1. The second-order valence-electron chi connectivity index (χ2n) is 4.99. The van der Waals surface area contributed by atoms with Crippen LogP contribution in [0, 0.1) is 6.92 Å². The van der Waals surface area contributed by atoms with Crippen molar-refractivity contribution in [2.75, 3.05) is 5.32 Å². The van der Waals surface area contributed by atoms with Gasteiger partial charge in [-0.15, -0.1) is 0 Å². The summed E-state index contributed by atoms with van der Waals surface area (Å²) >= 11 is 0. The third-order valence-corrected chi connectivity index (χ3v) is 3.20. The minimum absolute atomic E-state index is 0.0305. The monoisotopic (exact) mass is 285 g/mol. The van der Waals surface area contributed by atoms with Crippen molar-refractivity contribution in [2.45, 2.75) is 33.1 Å². The molecule has 0 fully saturated rings. The highest BCUT2D eigenvalue weighted by Crippen LogP contribution is 2.21. The zero-order valence-electron chi connectivity index (χ0n) is 12.3. The summed E-state index contributed by atoms with van der Waals surface area (Å²) in [4.78, 5) is 22.8. The van der Waals surface area contributed by atoms with Gasteiger partial charge >= 0.3 is 0 Å². The zero-order valence-corrected chi connectivity index (χ0v) is 12.3. The van der Waals surface area contributed by atoms with Crippen LogP contribution in [0.5, 0.6) is 0 Å². The molecule has 0 radical (unpaired) electrons. The van der Waals surface area contributed by atoms with Gasteiger partial charge in [0.05, 0.1) is 5.69 Å². The summed E-state index contributed by atoms with van der Waals surface area (Å²) < 4.78 is 0. The standard InChI is InChI=1S/C16H19N3O2/c1-3-4-5-14(20)17-13-8-6-12(7-9-13)16-11(2)10-15(21)18-19-16/h6-10H,3-5H2,1-2H3,(H,17,20)(H,18,21). The van der Waals surface area contributed by atoms with Gasteiger partial charge in [-0.05, 0) is 31.0 Å². The highest BCUT2D eigenvalue weighted by molar-refractivity contribution is 5.90. The number of nitrogens with zero attached hydrogens (tertiary/aromatic N) is 1. The van der Waals surface area contributed by atoms with Crippen LogP contribution in [0.15, 0.2) is 35.1 Å². The average Bonchev–Trinajstić information content (AvgIpc) is 2.46. The second kappa shape index (κ2) is 6.83. The number of carbonyl (C=O) groups is 1. The second-order valence-corrected chi connectivity index (χ2v) is 4.99. The van der Waals surface area contributed by atoms with Crippen LogP contribution in [0.1, 0.15) is 31.7 Å². The fourth-order valence-corrected chi connectivity index (χ4v) is 2.06. The van der Waals surface area contributed by atoms with Crippen molar-refractivity contribution in [3.05, 3.63) is 46.2 Å². The molecule has 1 amide bonds. The number of aromatic amines is 1. The van der Waals surface area contributed by atoms with Gasteiger partial charge in [-0.2, -0.15) is 5.10 Å². The van der Waals surface area contributed by atoms with Crippen molar-refractivity contribution >= 4 is 11.6 Å². The Bertz CT molecular complexity index is 675. The molecule has 1 heterocycles. The molecule has 1 aromatic heterocycles. The van der Waals surface area contributed by atoms with E-state index in [2.05, 4.69) is 22.4 Å². The summed E-state index contributed by atoms with van der Waals surface area (Å²) in [6.07, 6.45) is 2.44. The molecule has 2 aromatic rings.